The number of anilines is 1. The van der Waals surface area contributed by atoms with E-state index in [0.717, 1.165) is 4.68 Å². The molecule has 1 rings (SSSR count). The Kier molecular flexibility index (Phi) is 5.89. The number of hydrogen-bond acceptors (Lipinski definition) is 6. The molecule has 21 heavy (non-hydrogen) atoms. The maximum Gasteiger partial charge on any atom is 0.327 e. The van der Waals surface area contributed by atoms with Gasteiger partial charge in [-0.05, 0) is 22.9 Å². The first-order chi connectivity index (χ1) is 9.77. The van der Waals surface area contributed by atoms with Crippen molar-refractivity contribution in [3.8, 4) is 0 Å². The molecule has 1 atom stereocenters. The Morgan fingerprint density at radius 1 is 1.52 bits per heavy atom. The number of likely N-dealkylation sites (N-methyl/N-ethyl adjacent to an activating group) is 1. The van der Waals surface area contributed by atoms with Crippen LogP contribution < -0.4 is 10.9 Å². The number of hydrogen-bond donors (Lipinski definition) is 1. The molecule has 1 aromatic heterocycles. The van der Waals surface area contributed by atoms with Crippen molar-refractivity contribution >= 4 is 33.5 Å². The standard InChI is InChI=1S/C12H17BrN4O4/c1-7(11(19)16(2)3)15-8-5-14-17(6-9(18)21-4)12(20)10(8)13/h5,7,15H,6H2,1-4H3. The number of halogens is 1. The van der Waals surface area contributed by atoms with Crippen LogP contribution in [0, 0.1) is 0 Å². The largest absolute Gasteiger partial charge is 0.468 e. The average Bonchev–Trinajstić information content (AvgIpc) is 2.45. The van der Waals surface area contributed by atoms with Crippen molar-refractivity contribution in [2.45, 2.75) is 19.5 Å². The number of ether oxygens (including phenoxy) is 1. The summed E-state index contributed by atoms with van der Waals surface area (Å²) in [6.45, 7) is 1.40. The van der Waals surface area contributed by atoms with Crippen LogP contribution in [-0.4, -0.2) is 53.8 Å². The Balaban J connectivity index is 2.97. The summed E-state index contributed by atoms with van der Waals surface area (Å²) in [5, 5.41) is 6.77. The van der Waals surface area contributed by atoms with Crippen molar-refractivity contribution in [3.05, 3.63) is 21.0 Å². The number of rotatable bonds is 5. The lowest BCUT2D eigenvalue weighted by Crippen LogP contribution is -2.37. The van der Waals surface area contributed by atoms with Gasteiger partial charge in [0, 0.05) is 14.1 Å². The number of amides is 1. The van der Waals surface area contributed by atoms with Gasteiger partial charge in [-0.2, -0.15) is 5.10 Å². The molecule has 0 aromatic carbocycles. The van der Waals surface area contributed by atoms with E-state index >= 15 is 0 Å². The summed E-state index contributed by atoms with van der Waals surface area (Å²) in [5.74, 6) is -0.714. The van der Waals surface area contributed by atoms with Crippen LogP contribution in [0.1, 0.15) is 6.92 Å². The molecule has 0 aliphatic heterocycles. The minimum absolute atomic E-state index is 0.138. The summed E-state index contributed by atoms with van der Waals surface area (Å²) in [4.78, 5) is 36.4. The third-order valence-corrected chi connectivity index (χ3v) is 3.44. The molecule has 1 N–H and O–H groups in total. The van der Waals surface area contributed by atoms with Crippen LogP contribution in [0.25, 0.3) is 0 Å². The minimum atomic E-state index is -0.576. The molecule has 0 saturated carbocycles. The highest BCUT2D eigenvalue weighted by Gasteiger charge is 2.18. The molecule has 1 amide bonds. The van der Waals surface area contributed by atoms with Gasteiger partial charge in [0.15, 0.2) is 0 Å². The number of nitrogens with zero attached hydrogens (tertiary/aromatic N) is 3. The number of methoxy groups -OCH3 is 1. The molecule has 1 aromatic rings. The molecule has 0 fully saturated rings. The molecular weight excluding hydrogens is 344 g/mol. The van der Waals surface area contributed by atoms with Gasteiger partial charge >= 0.3 is 5.97 Å². The molecule has 1 heterocycles. The molecule has 0 spiro atoms. The van der Waals surface area contributed by atoms with E-state index in [9.17, 15) is 14.4 Å². The van der Waals surface area contributed by atoms with Crippen LogP contribution in [0.5, 0.6) is 0 Å². The van der Waals surface area contributed by atoms with Gasteiger partial charge in [0.25, 0.3) is 5.56 Å². The summed E-state index contributed by atoms with van der Waals surface area (Å²) in [6.07, 6.45) is 1.37. The van der Waals surface area contributed by atoms with Crippen molar-refractivity contribution in [2.75, 3.05) is 26.5 Å². The lowest BCUT2D eigenvalue weighted by molar-refractivity contribution is -0.141. The number of aromatic nitrogens is 2. The quantitative estimate of drug-likeness (QED) is 0.746. The van der Waals surface area contributed by atoms with E-state index in [4.69, 9.17) is 0 Å². The maximum absolute atomic E-state index is 12.0. The zero-order valence-electron chi connectivity index (χ0n) is 12.2. The summed E-state index contributed by atoms with van der Waals surface area (Å²) in [5.41, 5.74) is -0.112. The molecule has 1 unspecified atom stereocenters. The molecular formula is C12H17BrN4O4. The number of nitrogens with one attached hydrogen (secondary N) is 1. The van der Waals surface area contributed by atoms with Gasteiger partial charge < -0.3 is 15.0 Å². The van der Waals surface area contributed by atoms with Gasteiger partial charge in [-0.15, -0.1) is 0 Å². The van der Waals surface area contributed by atoms with E-state index in [2.05, 4.69) is 31.1 Å². The smallest absolute Gasteiger partial charge is 0.327 e. The van der Waals surface area contributed by atoms with Gasteiger partial charge in [-0.25, -0.2) is 4.68 Å². The van der Waals surface area contributed by atoms with Crippen LogP contribution in [0.2, 0.25) is 0 Å². The Morgan fingerprint density at radius 3 is 2.67 bits per heavy atom. The molecule has 0 aliphatic rings. The van der Waals surface area contributed by atoms with Crippen molar-refractivity contribution in [1.29, 1.82) is 0 Å². The second-order valence-electron chi connectivity index (χ2n) is 4.51. The van der Waals surface area contributed by atoms with Gasteiger partial charge in [-0.1, -0.05) is 0 Å². The summed E-state index contributed by atoms with van der Waals surface area (Å²) >= 11 is 3.14. The Labute approximate surface area is 130 Å². The predicted molar refractivity (Wildman–Crippen MR) is 80.0 cm³/mol. The van der Waals surface area contributed by atoms with Crippen LogP contribution >= 0.6 is 15.9 Å². The first-order valence-corrected chi connectivity index (χ1v) is 6.87. The Hall–Kier alpha value is -1.90. The van der Waals surface area contributed by atoms with E-state index in [0.29, 0.717) is 5.69 Å². The van der Waals surface area contributed by atoms with Crippen LogP contribution in [-0.2, 0) is 20.9 Å². The highest BCUT2D eigenvalue weighted by Crippen LogP contribution is 2.17. The van der Waals surface area contributed by atoms with Gasteiger partial charge in [0.1, 0.15) is 17.1 Å². The molecule has 0 radical (unpaired) electrons. The lowest BCUT2D eigenvalue weighted by Gasteiger charge is -2.19. The maximum atomic E-state index is 12.0. The van der Waals surface area contributed by atoms with Crippen molar-refractivity contribution < 1.29 is 14.3 Å². The van der Waals surface area contributed by atoms with Gasteiger partial charge in [0.05, 0.1) is 19.0 Å². The highest BCUT2D eigenvalue weighted by atomic mass is 79.9. The second-order valence-corrected chi connectivity index (χ2v) is 5.30. The molecule has 0 aliphatic carbocycles. The predicted octanol–water partition coefficient (Wildman–Crippen LogP) is 0.0674. The zero-order chi connectivity index (χ0) is 16.2. The van der Waals surface area contributed by atoms with E-state index in [1.165, 1.54) is 18.2 Å². The van der Waals surface area contributed by atoms with E-state index in [1.807, 2.05) is 0 Å². The first-order valence-electron chi connectivity index (χ1n) is 6.08. The average molecular weight is 361 g/mol. The highest BCUT2D eigenvalue weighted by molar-refractivity contribution is 9.10. The van der Waals surface area contributed by atoms with E-state index < -0.39 is 17.6 Å². The van der Waals surface area contributed by atoms with E-state index in [-0.39, 0.29) is 16.9 Å². The normalized spacial score (nSPS) is 11.7. The molecule has 9 heteroatoms. The fourth-order valence-corrected chi connectivity index (χ4v) is 1.97. The second kappa shape index (κ2) is 7.21. The topological polar surface area (TPSA) is 93.5 Å². The lowest BCUT2D eigenvalue weighted by atomic mass is 10.3. The summed E-state index contributed by atoms with van der Waals surface area (Å²) < 4.78 is 5.65. The van der Waals surface area contributed by atoms with Crippen LogP contribution in [0.4, 0.5) is 5.69 Å². The van der Waals surface area contributed by atoms with Crippen molar-refractivity contribution in [3.63, 3.8) is 0 Å². The monoisotopic (exact) mass is 360 g/mol. The number of carbonyl (C=O) groups excluding carboxylic acids is 2. The molecule has 0 bridgehead atoms. The van der Waals surface area contributed by atoms with Gasteiger partial charge in [0.2, 0.25) is 5.91 Å². The van der Waals surface area contributed by atoms with Crippen LogP contribution in [0.15, 0.2) is 15.5 Å². The fourth-order valence-electron chi connectivity index (χ4n) is 1.55. The zero-order valence-corrected chi connectivity index (χ0v) is 13.8. The minimum Gasteiger partial charge on any atom is -0.468 e. The Morgan fingerprint density at radius 2 is 2.14 bits per heavy atom. The number of esters is 1. The third-order valence-electron chi connectivity index (χ3n) is 2.67. The Bertz CT molecular complexity index is 599. The third kappa shape index (κ3) is 4.28. The SMILES string of the molecule is COC(=O)Cn1ncc(NC(C)C(=O)N(C)C)c(Br)c1=O. The molecule has 8 nitrogen and oxygen atoms in total. The van der Waals surface area contributed by atoms with Crippen LogP contribution in [0.3, 0.4) is 0 Å². The van der Waals surface area contributed by atoms with Crippen molar-refractivity contribution in [1.82, 2.24) is 14.7 Å². The molecule has 0 saturated heterocycles. The number of carbonyl (C=O) groups is 2. The summed E-state index contributed by atoms with van der Waals surface area (Å²) in [7, 11) is 4.51. The van der Waals surface area contributed by atoms with E-state index in [1.54, 1.807) is 21.0 Å². The first kappa shape index (κ1) is 17.2. The van der Waals surface area contributed by atoms with Crippen molar-refractivity contribution in [2.24, 2.45) is 0 Å². The molecule has 116 valence electrons. The summed E-state index contributed by atoms with van der Waals surface area (Å²) in [6, 6.07) is -0.519. The fraction of sp³-hybridized carbons (Fsp3) is 0.500. The van der Waals surface area contributed by atoms with Gasteiger partial charge in [-0.3, -0.25) is 14.4 Å².